The van der Waals surface area contributed by atoms with Gasteiger partial charge in [-0.2, -0.15) is 4.98 Å². The molecule has 1 heterocycles. The molecule has 0 saturated heterocycles. The molecule has 0 aliphatic carbocycles. The molecule has 0 unspecified atom stereocenters. The number of aryl methyl sites for hydroxylation is 2. The summed E-state index contributed by atoms with van der Waals surface area (Å²) in [5, 5.41) is 6.80. The van der Waals surface area contributed by atoms with Gasteiger partial charge >= 0.3 is 0 Å². The summed E-state index contributed by atoms with van der Waals surface area (Å²) in [4.78, 5) is 4.06. The number of hydrogen-bond acceptors (Lipinski definition) is 4. The van der Waals surface area contributed by atoms with Crippen LogP contribution in [0.5, 0.6) is 0 Å². The Morgan fingerprint density at radius 2 is 2.12 bits per heavy atom. The first-order valence-electron chi connectivity index (χ1n) is 5.40. The van der Waals surface area contributed by atoms with E-state index in [2.05, 4.69) is 15.5 Å². The van der Waals surface area contributed by atoms with E-state index in [0.717, 1.165) is 5.56 Å². The van der Waals surface area contributed by atoms with Crippen LogP contribution in [0.2, 0.25) is 0 Å². The largest absolute Gasteiger partial charge is 0.338 e. The topological polar surface area (TPSA) is 51.0 Å². The van der Waals surface area contributed by atoms with Gasteiger partial charge in [-0.3, -0.25) is 0 Å². The summed E-state index contributed by atoms with van der Waals surface area (Å²) in [5.74, 6) is 0.969. The lowest BCUT2D eigenvalue weighted by Crippen LogP contribution is -2.13. The highest BCUT2D eigenvalue weighted by molar-refractivity contribution is 5.23. The Kier molecular flexibility index (Phi) is 3.49. The summed E-state index contributed by atoms with van der Waals surface area (Å²) in [5.41, 5.74) is 1.55. The molecule has 0 bridgehead atoms. The number of benzene rings is 1. The molecule has 0 radical (unpaired) electrons. The van der Waals surface area contributed by atoms with Gasteiger partial charge in [-0.15, -0.1) is 0 Å². The van der Waals surface area contributed by atoms with Gasteiger partial charge < -0.3 is 9.84 Å². The lowest BCUT2D eigenvalue weighted by atomic mass is 10.1. The normalized spacial score (nSPS) is 10.8. The zero-order chi connectivity index (χ0) is 12.3. The molecule has 2 aromatic rings. The van der Waals surface area contributed by atoms with Crippen molar-refractivity contribution in [3.8, 4) is 0 Å². The zero-order valence-corrected chi connectivity index (χ0v) is 9.83. The first-order valence-corrected chi connectivity index (χ1v) is 5.40. The molecule has 1 aromatic heterocycles. The zero-order valence-electron chi connectivity index (χ0n) is 9.83. The van der Waals surface area contributed by atoms with Gasteiger partial charge in [-0.1, -0.05) is 17.3 Å². The Hall–Kier alpha value is -1.75. The standard InChI is InChI=1S/C12H14FN3O/c1-8-3-4-10(5-11(8)13)6-14-7-12-15-9(2)16-17-12/h3-5,14H,6-7H2,1-2H3. The number of nitrogens with one attached hydrogen (secondary N) is 1. The van der Waals surface area contributed by atoms with Crippen molar-refractivity contribution in [3.05, 3.63) is 46.9 Å². The fourth-order valence-corrected chi connectivity index (χ4v) is 1.47. The Labute approximate surface area is 98.8 Å². The minimum atomic E-state index is -0.182. The van der Waals surface area contributed by atoms with Crippen molar-refractivity contribution >= 4 is 0 Å². The molecule has 0 spiro atoms. The maximum atomic E-state index is 13.3. The lowest BCUT2D eigenvalue weighted by molar-refractivity contribution is 0.364. The van der Waals surface area contributed by atoms with Crippen LogP contribution in [0, 0.1) is 19.7 Å². The molecular weight excluding hydrogens is 221 g/mol. The van der Waals surface area contributed by atoms with E-state index in [-0.39, 0.29) is 5.82 Å². The van der Waals surface area contributed by atoms with Gasteiger partial charge in [0.2, 0.25) is 5.89 Å². The molecule has 0 atom stereocenters. The summed E-state index contributed by atoms with van der Waals surface area (Å²) in [6.45, 7) is 4.56. The van der Waals surface area contributed by atoms with Crippen molar-refractivity contribution < 1.29 is 8.91 Å². The van der Waals surface area contributed by atoms with Gasteiger partial charge in [0.05, 0.1) is 6.54 Å². The van der Waals surface area contributed by atoms with Crippen LogP contribution >= 0.6 is 0 Å². The fraction of sp³-hybridized carbons (Fsp3) is 0.333. The maximum Gasteiger partial charge on any atom is 0.240 e. The van der Waals surface area contributed by atoms with Gasteiger partial charge in [-0.25, -0.2) is 4.39 Å². The smallest absolute Gasteiger partial charge is 0.240 e. The van der Waals surface area contributed by atoms with Crippen molar-refractivity contribution in [2.75, 3.05) is 0 Å². The van der Waals surface area contributed by atoms with Crippen molar-refractivity contribution in [3.63, 3.8) is 0 Å². The second kappa shape index (κ2) is 5.05. The van der Waals surface area contributed by atoms with E-state index in [4.69, 9.17) is 4.52 Å². The first-order chi connectivity index (χ1) is 8.15. The van der Waals surface area contributed by atoms with E-state index in [1.807, 2.05) is 6.07 Å². The third-order valence-electron chi connectivity index (χ3n) is 2.41. The van der Waals surface area contributed by atoms with Crippen LogP contribution in [-0.2, 0) is 13.1 Å². The third-order valence-corrected chi connectivity index (χ3v) is 2.41. The first kappa shape index (κ1) is 11.7. The second-order valence-electron chi connectivity index (χ2n) is 3.92. The molecule has 0 fully saturated rings. The van der Waals surface area contributed by atoms with Crippen LogP contribution in [-0.4, -0.2) is 10.1 Å². The van der Waals surface area contributed by atoms with E-state index in [1.54, 1.807) is 19.9 Å². The lowest BCUT2D eigenvalue weighted by Gasteiger charge is -2.03. The van der Waals surface area contributed by atoms with E-state index in [9.17, 15) is 4.39 Å². The molecule has 1 aromatic carbocycles. The number of nitrogens with zero attached hydrogens (tertiary/aromatic N) is 2. The van der Waals surface area contributed by atoms with Crippen LogP contribution in [0.1, 0.15) is 22.8 Å². The highest BCUT2D eigenvalue weighted by atomic mass is 19.1. The molecule has 0 aliphatic rings. The van der Waals surface area contributed by atoms with E-state index in [1.165, 1.54) is 6.07 Å². The van der Waals surface area contributed by atoms with Gasteiger partial charge in [0.1, 0.15) is 5.82 Å². The molecule has 0 saturated carbocycles. The van der Waals surface area contributed by atoms with Crippen LogP contribution < -0.4 is 5.32 Å². The minimum absolute atomic E-state index is 0.182. The number of rotatable bonds is 4. The van der Waals surface area contributed by atoms with Crippen molar-refractivity contribution in [1.29, 1.82) is 0 Å². The minimum Gasteiger partial charge on any atom is -0.338 e. The summed E-state index contributed by atoms with van der Waals surface area (Å²) in [6, 6.07) is 5.19. The predicted octanol–water partition coefficient (Wildman–Crippen LogP) is 2.12. The quantitative estimate of drug-likeness (QED) is 0.881. The summed E-state index contributed by atoms with van der Waals surface area (Å²) in [6.07, 6.45) is 0. The SMILES string of the molecule is Cc1noc(CNCc2ccc(C)c(F)c2)n1. The average molecular weight is 235 g/mol. The molecule has 0 amide bonds. The van der Waals surface area contributed by atoms with Gasteiger partial charge in [0.25, 0.3) is 0 Å². The van der Waals surface area contributed by atoms with Gasteiger partial charge in [0, 0.05) is 6.54 Å². The van der Waals surface area contributed by atoms with Crippen LogP contribution in [0.25, 0.3) is 0 Å². The van der Waals surface area contributed by atoms with E-state index in [0.29, 0.717) is 30.4 Å². The van der Waals surface area contributed by atoms with Gasteiger partial charge in [-0.05, 0) is 31.0 Å². The molecule has 17 heavy (non-hydrogen) atoms. The monoisotopic (exact) mass is 235 g/mol. The molecule has 4 nitrogen and oxygen atoms in total. The van der Waals surface area contributed by atoms with Crippen LogP contribution in [0.3, 0.4) is 0 Å². The van der Waals surface area contributed by atoms with Crippen LogP contribution in [0.4, 0.5) is 4.39 Å². The molecule has 90 valence electrons. The Morgan fingerprint density at radius 1 is 1.29 bits per heavy atom. The molecule has 0 aliphatic heterocycles. The Bertz CT molecular complexity index is 510. The highest BCUT2D eigenvalue weighted by Gasteiger charge is 2.03. The Morgan fingerprint density at radius 3 is 2.76 bits per heavy atom. The van der Waals surface area contributed by atoms with E-state index >= 15 is 0 Å². The van der Waals surface area contributed by atoms with Crippen molar-refractivity contribution in [2.45, 2.75) is 26.9 Å². The average Bonchev–Trinajstić information content (AvgIpc) is 2.70. The summed E-state index contributed by atoms with van der Waals surface area (Å²) < 4.78 is 18.2. The maximum absolute atomic E-state index is 13.3. The predicted molar refractivity (Wildman–Crippen MR) is 60.7 cm³/mol. The Balaban J connectivity index is 1.87. The highest BCUT2D eigenvalue weighted by Crippen LogP contribution is 2.09. The van der Waals surface area contributed by atoms with Crippen molar-refractivity contribution in [1.82, 2.24) is 15.5 Å². The van der Waals surface area contributed by atoms with Gasteiger partial charge in [0.15, 0.2) is 5.82 Å². The molecule has 1 N–H and O–H groups in total. The van der Waals surface area contributed by atoms with E-state index < -0.39 is 0 Å². The van der Waals surface area contributed by atoms with Crippen molar-refractivity contribution in [2.24, 2.45) is 0 Å². The number of hydrogen-bond donors (Lipinski definition) is 1. The molecule has 5 heteroatoms. The number of halogens is 1. The molecular formula is C12H14FN3O. The number of aromatic nitrogens is 2. The summed E-state index contributed by atoms with van der Waals surface area (Å²) in [7, 11) is 0. The fourth-order valence-electron chi connectivity index (χ4n) is 1.47. The third kappa shape index (κ3) is 3.10. The summed E-state index contributed by atoms with van der Waals surface area (Å²) >= 11 is 0. The second-order valence-corrected chi connectivity index (χ2v) is 3.92. The molecule has 2 rings (SSSR count). The van der Waals surface area contributed by atoms with Crippen LogP contribution in [0.15, 0.2) is 22.7 Å².